The summed E-state index contributed by atoms with van der Waals surface area (Å²) in [5, 5.41) is 2.77. The lowest BCUT2D eigenvalue weighted by Gasteiger charge is -2.25. The summed E-state index contributed by atoms with van der Waals surface area (Å²) in [6, 6.07) is 7.28. The molecule has 0 saturated carbocycles. The molecule has 0 fully saturated rings. The lowest BCUT2D eigenvalue weighted by atomic mass is 10.1. The molecule has 3 nitrogen and oxygen atoms in total. The minimum Gasteiger partial charge on any atom is -0.488 e. The lowest BCUT2D eigenvalue weighted by Crippen LogP contribution is -2.27. The van der Waals surface area contributed by atoms with Crippen LogP contribution in [-0.2, 0) is 0 Å². The molecule has 0 aromatic heterocycles. The van der Waals surface area contributed by atoms with Crippen LogP contribution in [0.15, 0.2) is 24.3 Å². The zero-order chi connectivity index (χ0) is 12.9. The van der Waals surface area contributed by atoms with Crippen molar-refractivity contribution in [2.45, 2.75) is 39.7 Å². The maximum Gasteiger partial charge on any atom is 0.251 e. The number of rotatable bonds is 5. The molecule has 0 radical (unpaired) electrons. The molecule has 0 atom stereocenters. The summed E-state index contributed by atoms with van der Waals surface area (Å²) in [6.45, 7) is 8.67. The minimum atomic E-state index is -0.208. The first-order chi connectivity index (χ1) is 7.98. The number of hydrogen-bond acceptors (Lipinski definition) is 2. The summed E-state index contributed by atoms with van der Waals surface area (Å²) in [4.78, 5) is 11.7. The molecular weight excluding hydrogens is 214 g/mol. The summed E-state index contributed by atoms with van der Waals surface area (Å²) in [6.07, 6.45) is 0.915. The van der Waals surface area contributed by atoms with Crippen molar-refractivity contribution in [1.29, 1.82) is 0 Å². The molecule has 17 heavy (non-hydrogen) atoms. The van der Waals surface area contributed by atoms with Crippen molar-refractivity contribution >= 4 is 5.91 Å². The summed E-state index contributed by atoms with van der Waals surface area (Å²) in [7, 11) is 0. The van der Waals surface area contributed by atoms with Crippen LogP contribution in [0.3, 0.4) is 0 Å². The third kappa shape index (κ3) is 4.10. The van der Waals surface area contributed by atoms with Gasteiger partial charge in [0.15, 0.2) is 0 Å². The molecule has 0 unspecified atom stereocenters. The van der Waals surface area contributed by atoms with E-state index in [4.69, 9.17) is 4.74 Å². The molecule has 94 valence electrons. The van der Waals surface area contributed by atoms with Gasteiger partial charge in [-0.1, -0.05) is 13.0 Å². The van der Waals surface area contributed by atoms with Gasteiger partial charge in [0.25, 0.3) is 5.91 Å². The Hall–Kier alpha value is -1.51. The van der Waals surface area contributed by atoms with E-state index in [0.29, 0.717) is 12.1 Å². The van der Waals surface area contributed by atoms with Gasteiger partial charge < -0.3 is 10.1 Å². The van der Waals surface area contributed by atoms with Crippen LogP contribution in [0.1, 0.15) is 44.5 Å². The van der Waals surface area contributed by atoms with E-state index in [2.05, 4.69) is 12.2 Å². The third-order valence-electron chi connectivity index (χ3n) is 2.68. The van der Waals surface area contributed by atoms with Crippen LogP contribution in [0.4, 0.5) is 0 Å². The molecule has 3 heteroatoms. The number of carbonyl (C=O) groups excluding carboxylic acids is 1. The Morgan fingerprint density at radius 3 is 2.65 bits per heavy atom. The molecule has 1 rings (SSSR count). The van der Waals surface area contributed by atoms with Gasteiger partial charge in [-0.2, -0.15) is 0 Å². The van der Waals surface area contributed by atoms with Gasteiger partial charge in [-0.05, 0) is 45.4 Å². The molecule has 0 bridgehead atoms. The minimum absolute atomic E-state index is 0.0627. The Morgan fingerprint density at radius 1 is 1.35 bits per heavy atom. The largest absolute Gasteiger partial charge is 0.488 e. The molecule has 0 aliphatic heterocycles. The molecule has 1 amide bonds. The Bertz CT molecular complexity index is 386. The first-order valence-corrected chi connectivity index (χ1v) is 6.06. The van der Waals surface area contributed by atoms with E-state index < -0.39 is 0 Å². The van der Waals surface area contributed by atoms with Crippen molar-refractivity contribution in [2.75, 3.05) is 6.54 Å². The highest BCUT2D eigenvalue weighted by atomic mass is 16.5. The average Bonchev–Trinajstić information content (AvgIpc) is 2.29. The van der Waals surface area contributed by atoms with Crippen LogP contribution in [0.2, 0.25) is 0 Å². The van der Waals surface area contributed by atoms with Gasteiger partial charge >= 0.3 is 0 Å². The van der Waals surface area contributed by atoms with Gasteiger partial charge in [-0.15, -0.1) is 0 Å². The van der Waals surface area contributed by atoms with Gasteiger partial charge in [0.2, 0.25) is 0 Å². The van der Waals surface area contributed by atoms with E-state index >= 15 is 0 Å². The fourth-order valence-electron chi connectivity index (χ4n) is 1.35. The van der Waals surface area contributed by atoms with E-state index in [1.165, 1.54) is 0 Å². The van der Waals surface area contributed by atoms with Crippen LogP contribution >= 0.6 is 0 Å². The van der Waals surface area contributed by atoms with Crippen LogP contribution < -0.4 is 10.1 Å². The van der Waals surface area contributed by atoms with E-state index in [1.807, 2.05) is 32.9 Å². The molecule has 1 aromatic carbocycles. The third-order valence-corrected chi connectivity index (χ3v) is 2.68. The van der Waals surface area contributed by atoms with Crippen LogP contribution in [0, 0.1) is 0 Å². The number of ether oxygens (including phenoxy) is 1. The second kappa shape index (κ2) is 5.71. The summed E-state index contributed by atoms with van der Waals surface area (Å²) < 4.78 is 5.84. The highest BCUT2D eigenvalue weighted by Crippen LogP contribution is 2.21. The highest BCUT2D eigenvalue weighted by Gasteiger charge is 2.17. The second-order valence-corrected chi connectivity index (χ2v) is 4.60. The van der Waals surface area contributed by atoms with Gasteiger partial charge in [-0.3, -0.25) is 4.79 Å². The average molecular weight is 235 g/mol. The molecule has 0 spiro atoms. The van der Waals surface area contributed by atoms with E-state index in [0.717, 1.165) is 12.2 Å². The fourth-order valence-corrected chi connectivity index (χ4v) is 1.35. The normalized spacial score (nSPS) is 11.1. The first kappa shape index (κ1) is 13.6. The topological polar surface area (TPSA) is 38.3 Å². The van der Waals surface area contributed by atoms with Crippen molar-refractivity contribution in [2.24, 2.45) is 0 Å². The van der Waals surface area contributed by atoms with Gasteiger partial charge in [0.1, 0.15) is 11.4 Å². The van der Waals surface area contributed by atoms with E-state index in [9.17, 15) is 4.79 Å². The molecule has 0 saturated heterocycles. The monoisotopic (exact) mass is 235 g/mol. The van der Waals surface area contributed by atoms with Gasteiger partial charge in [0, 0.05) is 12.1 Å². The van der Waals surface area contributed by atoms with E-state index in [-0.39, 0.29) is 11.5 Å². The Balaban J connectivity index is 2.82. The second-order valence-electron chi connectivity index (χ2n) is 4.60. The van der Waals surface area contributed by atoms with Crippen molar-refractivity contribution in [3.05, 3.63) is 29.8 Å². The fraction of sp³-hybridized carbons (Fsp3) is 0.500. The number of hydrogen-bond donors (Lipinski definition) is 1. The van der Waals surface area contributed by atoms with Crippen molar-refractivity contribution < 1.29 is 9.53 Å². The number of amides is 1. The Labute approximate surface area is 103 Å². The maximum atomic E-state index is 11.7. The number of nitrogens with one attached hydrogen (secondary N) is 1. The van der Waals surface area contributed by atoms with Gasteiger partial charge in [0.05, 0.1) is 0 Å². The lowest BCUT2D eigenvalue weighted by molar-refractivity contribution is 0.0946. The van der Waals surface area contributed by atoms with Gasteiger partial charge in [-0.25, -0.2) is 0 Å². The van der Waals surface area contributed by atoms with Crippen LogP contribution in [0.5, 0.6) is 5.75 Å². The molecule has 1 N–H and O–H groups in total. The summed E-state index contributed by atoms with van der Waals surface area (Å²) >= 11 is 0. The highest BCUT2D eigenvalue weighted by molar-refractivity contribution is 5.94. The summed E-state index contributed by atoms with van der Waals surface area (Å²) in [5.74, 6) is 0.674. The Kier molecular flexibility index (Phi) is 4.55. The quantitative estimate of drug-likeness (QED) is 0.852. The predicted octanol–water partition coefficient (Wildman–Crippen LogP) is 3.00. The molecule has 0 heterocycles. The zero-order valence-electron chi connectivity index (χ0n) is 11.0. The standard InChI is InChI=1S/C14H21NO2/c1-5-14(3,4)17-12-9-7-8-11(10-12)13(16)15-6-2/h7-10H,5-6H2,1-4H3,(H,15,16). The zero-order valence-corrected chi connectivity index (χ0v) is 11.0. The van der Waals surface area contributed by atoms with Crippen molar-refractivity contribution in [1.82, 2.24) is 5.32 Å². The smallest absolute Gasteiger partial charge is 0.251 e. The van der Waals surface area contributed by atoms with E-state index in [1.54, 1.807) is 12.1 Å². The number of carbonyl (C=O) groups is 1. The molecule has 1 aromatic rings. The SMILES string of the molecule is CCNC(=O)c1cccc(OC(C)(C)CC)c1. The summed E-state index contributed by atoms with van der Waals surface area (Å²) in [5.41, 5.74) is 0.427. The van der Waals surface area contributed by atoms with Crippen LogP contribution in [0.25, 0.3) is 0 Å². The first-order valence-electron chi connectivity index (χ1n) is 6.06. The van der Waals surface area contributed by atoms with Crippen molar-refractivity contribution in [3.8, 4) is 5.75 Å². The van der Waals surface area contributed by atoms with Crippen LogP contribution in [-0.4, -0.2) is 18.1 Å². The molecular formula is C14H21NO2. The number of benzene rings is 1. The predicted molar refractivity (Wildman–Crippen MR) is 69.4 cm³/mol. The maximum absolute atomic E-state index is 11.7. The molecule has 0 aliphatic rings. The molecule has 0 aliphatic carbocycles. The van der Waals surface area contributed by atoms with Crippen molar-refractivity contribution in [3.63, 3.8) is 0 Å². The Morgan fingerprint density at radius 2 is 2.06 bits per heavy atom.